The van der Waals surface area contributed by atoms with E-state index in [1.54, 1.807) is 0 Å². The van der Waals surface area contributed by atoms with E-state index in [4.69, 9.17) is 4.74 Å². The Morgan fingerprint density at radius 1 is 1.35 bits per heavy atom. The molecule has 0 aromatic rings. The Hall–Kier alpha value is -1.10. The van der Waals surface area contributed by atoms with Crippen LogP contribution in [0.25, 0.3) is 0 Å². The number of hydrogen-bond acceptors (Lipinski definition) is 3. The van der Waals surface area contributed by atoms with Crippen molar-refractivity contribution in [2.24, 2.45) is 17.3 Å². The minimum atomic E-state index is -1.23. The van der Waals surface area contributed by atoms with E-state index in [0.29, 0.717) is 13.0 Å². The standard InChI is InChI=1S/C15H27NO4/c1-7-20-11-8-15(13(18)19,14(11,5)6)16-12(17)10(4)9(2)3/h9-11H,7-8H2,1-6H3,(H,16,17)(H,18,19). The van der Waals surface area contributed by atoms with Crippen molar-refractivity contribution in [1.29, 1.82) is 0 Å². The van der Waals surface area contributed by atoms with Crippen LogP contribution in [0.15, 0.2) is 0 Å². The van der Waals surface area contributed by atoms with Gasteiger partial charge in [0.05, 0.1) is 6.10 Å². The molecular formula is C15H27NO4. The molecule has 1 amide bonds. The van der Waals surface area contributed by atoms with E-state index in [1.807, 2.05) is 41.5 Å². The highest BCUT2D eigenvalue weighted by Gasteiger charge is 2.66. The van der Waals surface area contributed by atoms with Crippen molar-refractivity contribution in [3.63, 3.8) is 0 Å². The van der Waals surface area contributed by atoms with Gasteiger partial charge in [0.1, 0.15) is 5.54 Å². The van der Waals surface area contributed by atoms with E-state index >= 15 is 0 Å². The van der Waals surface area contributed by atoms with E-state index in [-0.39, 0.29) is 23.8 Å². The highest BCUT2D eigenvalue weighted by Crippen LogP contribution is 2.51. The van der Waals surface area contributed by atoms with E-state index in [1.165, 1.54) is 0 Å². The minimum absolute atomic E-state index is 0.141. The van der Waals surface area contributed by atoms with Crippen LogP contribution >= 0.6 is 0 Å². The molecule has 0 aromatic heterocycles. The van der Waals surface area contributed by atoms with Gasteiger partial charge in [0.2, 0.25) is 5.91 Å². The second kappa shape index (κ2) is 5.72. The normalized spacial score (nSPS) is 29.6. The second-order valence-electron chi connectivity index (χ2n) is 6.60. The quantitative estimate of drug-likeness (QED) is 0.783. The summed E-state index contributed by atoms with van der Waals surface area (Å²) in [4.78, 5) is 24.0. The second-order valence-corrected chi connectivity index (χ2v) is 6.60. The lowest BCUT2D eigenvalue weighted by atomic mass is 9.54. The maximum atomic E-state index is 12.2. The van der Waals surface area contributed by atoms with Crippen LogP contribution in [0.5, 0.6) is 0 Å². The van der Waals surface area contributed by atoms with Crippen LogP contribution in [-0.2, 0) is 14.3 Å². The van der Waals surface area contributed by atoms with Crippen LogP contribution in [-0.4, -0.2) is 35.2 Å². The van der Waals surface area contributed by atoms with Gasteiger partial charge in [-0.15, -0.1) is 0 Å². The molecule has 20 heavy (non-hydrogen) atoms. The molecule has 1 aliphatic rings. The fourth-order valence-corrected chi connectivity index (χ4v) is 2.66. The van der Waals surface area contributed by atoms with Crippen LogP contribution in [0.1, 0.15) is 48.0 Å². The predicted octanol–water partition coefficient (Wildman–Crippen LogP) is 2.05. The molecule has 0 heterocycles. The zero-order chi connectivity index (χ0) is 15.7. The summed E-state index contributed by atoms with van der Waals surface area (Å²) in [6, 6.07) is 0. The molecule has 5 nitrogen and oxygen atoms in total. The molecule has 1 aliphatic carbocycles. The van der Waals surface area contributed by atoms with Gasteiger partial charge in [-0.1, -0.05) is 34.6 Å². The Labute approximate surface area is 121 Å². The zero-order valence-corrected chi connectivity index (χ0v) is 13.3. The lowest BCUT2D eigenvalue weighted by Crippen LogP contribution is -2.76. The van der Waals surface area contributed by atoms with Crippen LogP contribution in [0, 0.1) is 17.3 Å². The first kappa shape index (κ1) is 17.0. The van der Waals surface area contributed by atoms with Crippen molar-refractivity contribution in [1.82, 2.24) is 5.32 Å². The van der Waals surface area contributed by atoms with Gasteiger partial charge in [0.25, 0.3) is 0 Å². The van der Waals surface area contributed by atoms with Crippen molar-refractivity contribution < 1.29 is 19.4 Å². The molecule has 0 aromatic carbocycles. The van der Waals surface area contributed by atoms with Gasteiger partial charge in [-0.3, -0.25) is 4.79 Å². The number of aliphatic carboxylic acids is 1. The summed E-state index contributed by atoms with van der Waals surface area (Å²) in [5.41, 5.74) is -1.85. The first-order valence-corrected chi connectivity index (χ1v) is 7.27. The number of hydrogen-bond donors (Lipinski definition) is 2. The summed E-state index contributed by atoms with van der Waals surface area (Å²) >= 11 is 0. The molecule has 1 rings (SSSR count). The molecule has 0 bridgehead atoms. The van der Waals surface area contributed by atoms with E-state index < -0.39 is 16.9 Å². The molecule has 0 aliphatic heterocycles. The van der Waals surface area contributed by atoms with Crippen LogP contribution < -0.4 is 5.32 Å². The van der Waals surface area contributed by atoms with Crippen molar-refractivity contribution in [3.8, 4) is 0 Å². The summed E-state index contributed by atoms with van der Waals surface area (Å²) < 4.78 is 5.57. The molecule has 2 N–H and O–H groups in total. The van der Waals surface area contributed by atoms with Gasteiger partial charge < -0.3 is 15.2 Å². The first-order valence-electron chi connectivity index (χ1n) is 7.27. The number of nitrogens with one attached hydrogen (secondary N) is 1. The van der Waals surface area contributed by atoms with Crippen LogP contribution in [0.4, 0.5) is 0 Å². The third kappa shape index (κ3) is 2.55. The van der Waals surface area contributed by atoms with Gasteiger partial charge in [0, 0.05) is 24.4 Å². The zero-order valence-electron chi connectivity index (χ0n) is 13.3. The van der Waals surface area contributed by atoms with Crippen molar-refractivity contribution >= 4 is 11.9 Å². The molecule has 0 radical (unpaired) electrons. The fourth-order valence-electron chi connectivity index (χ4n) is 2.66. The van der Waals surface area contributed by atoms with Gasteiger partial charge in [-0.25, -0.2) is 4.79 Å². The van der Waals surface area contributed by atoms with Crippen molar-refractivity contribution in [3.05, 3.63) is 0 Å². The molecule has 1 saturated carbocycles. The Kier molecular flexibility index (Phi) is 4.85. The first-order chi connectivity index (χ1) is 9.10. The number of carboxylic acid groups (broad SMARTS) is 1. The third-order valence-electron chi connectivity index (χ3n) is 4.88. The smallest absolute Gasteiger partial charge is 0.330 e. The Morgan fingerprint density at radius 3 is 2.25 bits per heavy atom. The minimum Gasteiger partial charge on any atom is -0.479 e. The molecule has 0 saturated heterocycles. The van der Waals surface area contributed by atoms with E-state index in [9.17, 15) is 14.7 Å². The molecule has 0 spiro atoms. The molecule has 5 heteroatoms. The van der Waals surface area contributed by atoms with Gasteiger partial charge in [0.15, 0.2) is 0 Å². The van der Waals surface area contributed by atoms with E-state index in [0.717, 1.165) is 0 Å². The van der Waals surface area contributed by atoms with Gasteiger partial charge >= 0.3 is 5.97 Å². The van der Waals surface area contributed by atoms with Crippen molar-refractivity contribution in [2.45, 2.75) is 59.6 Å². The van der Waals surface area contributed by atoms with E-state index in [2.05, 4.69) is 5.32 Å². The average molecular weight is 285 g/mol. The Balaban J connectivity index is 2.92. The number of rotatable bonds is 6. The molecular weight excluding hydrogens is 258 g/mol. The Morgan fingerprint density at radius 2 is 1.90 bits per heavy atom. The maximum Gasteiger partial charge on any atom is 0.330 e. The lowest BCUT2D eigenvalue weighted by molar-refractivity contribution is -0.195. The molecule has 3 atom stereocenters. The topological polar surface area (TPSA) is 75.6 Å². The van der Waals surface area contributed by atoms with Crippen molar-refractivity contribution in [2.75, 3.05) is 6.61 Å². The Bertz CT molecular complexity index is 391. The molecule has 116 valence electrons. The number of ether oxygens (including phenoxy) is 1. The monoisotopic (exact) mass is 285 g/mol. The number of carbonyl (C=O) groups excluding carboxylic acids is 1. The SMILES string of the molecule is CCOC1CC(NC(=O)C(C)C(C)C)(C(=O)O)C1(C)C. The summed E-state index contributed by atoms with van der Waals surface area (Å²) in [5.74, 6) is -1.23. The third-order valence-corrected chi connectivity index (χ3v) is 4.88. The maximum absolute atomic E-state index is 12.2. The summed E-state index contributed by atoms with van der Waals surface area (Å²) in [5, 5.41) is 12.4. The number of amides is 1. The largest absolute Gasteiger partial charge is 0.479 e. The number of carboxylic acids is 1. The predicted molar refractivity (Wildman–Crippen MR) is 76.3 cm³/mol. The molecule has 1 fully saturated rings. The summed E-state index contributed by atoms with van der Waals surface area (Å²) in [7, 11) is 0. The summed E-state index contributed by atoms with van der Waals surface area (Å²) in [6.07, 6.45) is 0.179. The molecule has 3 unspecified atom stereocenters. The fraction of sp³-hybridized carbons (Fsp3) is 0.867. The van der Waals surface area contributed by atoms with Crippen LogP contribution in [0.2, 0.25) is 0 Å². The highest BCUT2D eigenvalue weighted by atomic mass is 16.5. The van der Waals surface area contributed by atoms with Gasteiger partial charge in [-0.2, -0.15) is 0 Å². The number of carbonyl (C=O) groups is 2. The van der Waals surface area contributed by atoms with Crippen LogP contribution in [0.3, 0.4) is 0 Å². The van der Waals surface area contributed by atoms with Gasteiger partial charge in [-0.05, 0) is 12.8 Å². The highest BCUT2D eigenvalue weighted by molar-refractivity contribution is 5.90. The summed E-state index contributed by atoms with van der Waals surface area (Å²) in [6.45, 7) is 11.8. The lowest BCUT2D eigenvalue weighted by Gasteiger charge is -2.58. The average Bonchev–Trinajstić information content (AvgIpc) is 2.35.